The lowest BCUT2D eigenvalue weighted by Gasteiger charge is -2.36. The van der Waals surface area contributed by atoms with Crippen molar-refractivity contribution in [2.45, 2.75) is 51.9 Å². The number of carbonyl (C=O) groups excluding carboxylic acids is 1. The third-order valence-electron chi connectivity index (χ3n) is 5.54. The molecule has 0 aromatic heterocycles. The lowest BCUT2D eigenvalue weighted by Crippen LogP contribution is -2.42. The molecule has 150 valence electrons. The smallest absolute Gasteiger partial charge is 0.219 e. The number of carbonyl (C=O) groups is 1. The van der Waals surface area contributed by atoms with Crippen molar-refractivity contribution in [3.05, 3.63) is 71.3 Å². The average molecular weight is 381 g/mol. The van der Waals surface area contributed by atoms with Gasteiger partial charge < -0.3 is 9.64 Å². The van der Waals surface area contributed by atoms with Crippen molar-refractivity contribution >= 4 is 5.91 Å². The van der Waals surface area contributed by atoms with Crippen LogP contribution in [0.2, 0.25) is 0 Å². The zero-order valence-electron chi connectivity index (χ0n) is 17.3. The van der Waals surface area contributed by atoms with E-state index in [4.69, 9.17) is 4.74 Å². The molecular weight excluding hydrogens is 348 g/mol. The highest BCUT2D eigenvalue weighted by Gasteiger charge is 2.28. The summed E-state index contributed by atoms with van der Waals surface area (Å²) in [5, 5.41) is 0. The van der Waals surface area contributed by atoms with Crippen LogP contribution in [-0.4, -0.2) is 41.9 Å². The Morgan fingerprint density at radius 3 is 2.29 bits per heavy atom. The molecule has 0 N–H and O–H groups in total. The number of amides is 1. The van der Waals surface area contributed by atoms with Crippen LogP contribution in [0.3, 0.4) is 0 Å². The number of nitrogens with zero attached hydrogens (tertiary/aromatic N) is 2. The van der Waals surface area contributed by atoms with Gasteiger partial charge in [-0.1, -0.05) is 54.6 Å². The number of hydrogen-bond donors (Lipinski definition) is 0. The van der Waals surface area contributed by atoms with Crippen LogP contribution in [0.4, 0.5) is 0 Å². The third kappa shape index (κ3) is 5.43. The van der Waals surface area contributed by atoms with Crippen LogP contribution in [0.5, 0.6) is 0 Å². The first-order valence-corrected chi connectivity index (χ1v) is 10.3. The molecule has 0 bridgehead atoms. The van der Waals surface area contributed by atoms with E-state index in [-0.39, 0.29) is 18.1 Å². The summed E-state index contributed by atoms with van der Waals surface area (Å²) in [5.41, 5.74) is 3.83. The Balaban J connectivity index is 1.58. The van der Waals surface area contributed by atoms with Crippen molar-refractivity contribution in [1.82, 2.24) is 9.80 Å². The lowest BCUT2D eigenvalue weighted by molar-refractivity contribution is -0.134. The molecule has 0 radical (unpaired) electrons. The van der Waals surface area contributed by atoms with E-state index < -0.39 is 0 Å². The minimum atomic E-state index is 0.0725. The Morgan fingerprint density at radius 2 is 1.68 bits per heavy atom. The summed E-state index contributed by atoms with van der Waals surface area (Å²) in [7, 11) is 2.15. The van der Waals surface area contributed by atoms with Gasteiger partial charge in [-0.3, -0.25) is 9.69 Å². The van der Waals surface area contributed by atoms with E-state index in [1.807, 2.05) is 11.8 Å². The molecule has 1 saturated heterocycles. The van der Waals surface area contributed by atoms with Crippen molar-refractivity contribution in [3.8, 4) is 0 Å². The van der Waals surface area contributed by atoms with Gasteiger partial charge in [-0.15, -0.1) is 0 Å². The predicted octanol–water partition coefficient (Wildman–Crippen LogP) is 4.41. The van der Waals surface area contributed by atoms with Crippen molar-refractivity contribution in [2.24, 2.45) is 0 Å². The molecule has 1 heterocycles. The van der Waals surface area contributed by atoms with E-state index in [2.05, 4.69) is 66.5 Å². The van der Waals surface area contributed by atoms with E-state index in [1.165, 1.54) is 16.7 Å². The molecule has 2 aromatic rings. The molecule has 0 aliphatic carbocycles. The largest absolute Gasteiger partial charge is 0.373 e. The second kappa shape index (κ2) is 9.85. The fourth-order valence-corrected chi connectivity index (χ4v) is 4.13. The molecule has 28 heavy (non-hydrogen) atoms. The van der Waals surface area contributed by atoms with Gasteiger partial charge in [0.15, 0.2) is 0 Å². The number of ether oxygens (including phenoxy) is 1. The first-order chi connectivity index (χ1) is 13.6. The molecule has 4 heteroatoms. The van der Waals surface area contributed by atoms with Crippen LogP contribution in [0.15, 0.2) is 54.6 Å². The van der Waals surface area contributed by atoms with Gasteiger partial charge in [0.05, 0.1) is 6.10 Å². The molecule has 1 amide bonds. The molecule has 1 aliphatic rings. The molecule has 1 fully saturated rings. The van der Waals surface area contributed by atoms with Gasteiger partial charge in [0.25, 0.3) is 0 Å². The zero-order chi connectivity index (χ0) is 19.9. The Kier molecular flexibility index (Phi) is 7.24. The second-order valence-corrected chi connectivity index (χ2v) is 7.74. The van der Waals surface area contributed by atoms with Crippen LogP contribution in [0.1, 0.15) is 49.5 Å². The Hall–Kier alpha value is -2.17. The number of rotatable bonds is 7. The van der Waals surface area contributed by atoms with Gasteiger partial charge in [0, 0.05) is 39.2 Å². The van der Waals surface area contributed by atoms with Gasteiger partial charge in [0.2, 0.25) is 5.91 Å². The number of hydrogen-bond acceptors (Lipinski definition) is 3. The molecule has 0 spiro atoms. The maximum absolute atomic E-state index is 11.9. The molecular formula is C24H32N2O2. The fourth-order valence-electron chi connectivity index (χ4n) is 4.13. The van der Waals surface area contributed by atoms with Gasteiger partial charge >= 0.3 is 0 Å². The summed E-state index contributed by atoms with van der Waals surface area (Å²) in [6.07, 6.45) is 1.87. The highest BCUT2D eigenvalue weighted by Crippen LogP contribution is 2.31. The van der Waals surface area contributed by atoms with Crippen molar-refractivity contribution < 1.29 is 9.53 Å². The molecule has 1 aliphatic heterocycles. The maximum atomic E-state index is 11.9. The van der Waals surface area contributed by atoms with Crippen molar-refractivity contribution in [3.63, 3.8) is 0 Å². The quantitative estimate of drug-likeness (QED) is 0.713. The van der Waals surface area contributed by atoms with Gasteiger partial charge in [-0.2, -0.15) is 0 Å². The maximum Gasteiger partial charge on any atom is 0.219 e. The Morgan fingerprint density at radius 1 is 1.04 bits per heavy atom. The third-order valence-corrected chi connectivity index (χ3v) is 5.54. The standard InChI is InChI=1S/C24H32N2O2/c1-4-26(19(2)27)23-14-15-28-24(16-23)22-12-10-21(11-13-22)18-25(3)17-20-8-6-5-7-9-20/h5-13,23-24H,4,14-18H2,1-3H3/t23-,24+/m1/s1. The Labute approximate surface area is 169 Å². The Bertz CT molecular complexity index is 745. The first kappa shape index (κ1) is 20.6. The summed E-state index contributed by atoms with van der Waals surface area (Å²) in [6, 6.07) is 19.6. The first-order valence-electron chi connectivity index (χ1n) is 10.3. The van der Waals surface area contributed by atoms with Crippen LogP contribution in [0.25, 0.3) is 0 Å². The van der Waals surface area contributed by atoms with E-state index >= 15 is 0 Å². The monoisotopic (exact) mass is 380 g/mol. The van der Waals surface area contributed by atoms with E-state index in [1.54, 1.807) is 6.92 Å². The van der Waals surface area contributed by atoms with Gasteiger partial charge in [-0.05, 0) is 43.5 Å². The summed E-state index contributed by atoms with van der Waals surface area (Å²) in [5.74, 6) is 0.157. The van der Waals surface area contributed by atoms with Crippen LogP contribution >= 0.6 is 0 Å². The lowest BCUT2D eigenvalue weighted by atomic mass is 9.95. The van der Waals surface area contributed by atoms with Crippen LogP contribution in [-0.2, 0) is 22.6 Å². The summed E-state index contributed by atoms with van der Waals surface area (Å²) in [4.78, 5) is 16.2. The van der Waals surface area contributed by atoms with Crippen molar-refractivity contribution in [1.29, 1.82) is 0 Å². The van der Waals surface area contributed by atoms with Crippen LogP contribution < -0.4 is 0 Å². The predicted molar refractivity (Wildman–Crippen MR) is 113 cm³/mol. The normalized spacial score (nSPS) is 19.6. The van der Waals surface area contributed by atoms with E-state index in [0.717, 1.165) is 32.5 Å². The summed E-state index contributed by atoms with van der Waals surface area (Å²) < 4.78 is 6.02. The average Bonchev–Trinajstić information content (AvgIpc) is 2.70. The highest BCUT2D eigenvalue weighted by atomic mass is 16.5. The fraction of sp³-hybridized carbons (Fsp3) is 0.458. The summed E-state index contributed by atoms with van der Waals surface area (Å²) in [6.45, 7) is 7.03. The molecule has 0 unspecified atom stereocenters. The second-order valence-electron chi connectivity index (χ2n) is 7.74. The van der Waals surface area contributed by atoms with E-state index in [0.29, 0.717) is 6.61 Å². The topological polar surface area (TPSA) is 32.8 Å². The molecule has 2 aromatic carbocycles. The van der Waals surface area contributed by atoms with Crippen LogP contribution in [0, 0.1) is 0 Å². The summed E-state index contributed by atoms with van der Waals surface area (Å²) >= 11 is 0. The molecule has 2 atom stereocenters. The molecule has 4 nitrogen and oxygen atoms in total. The SMILES string of the molecule is CCN(C(C)=O)[C@@H]1CCO[C@H](c2ccc(CN(C)Cc3ccccc3)cc2)C1. The van der Waals surface area contributed by atoms with Gasteiger partial charge in [0.1, 0.15) is 0 Å². The van der Waals surface area contributed by atoms with E-state index in [9.17, 15) is 4.79 Å². The van der Waals surface area contributed by atoms with Gasteiger partial charge in [-0.25, -0.2) is 0 Å². The zero-order valence-corrected chi connectivity index (χ0v) is 17.3. The molecule has 3 rings (SSSR count). The highest BCUT2D eigenvalue weighted by molar-refractivity contribution is 5.73. The minimum absolute atomic E-state index is 0.0725. The van der Waals surface area contributed by atoms with Crippen molar-refractivity contribution in [2.75, 3.05) is 20.2 Å². The molecule has 0 saturated carbocycles. The number of benzene rings is 2. The minimum Gasteiger partial charge on any atom is -0.373 e.